The number of hydrogen-bond donors (Lipinski definition) is 3. The van der Waals surface area contributed by atoms with Crippen molar-refractivity contribution in [2.45, 2.75) is 0 Å². The third kappa shape index (κ3) is 48.1. The smallest absolute Gasteiger partial charge is 1.00 e. The molecule has 0 unspecified atom stereocenters. The van der Waals surface area contributed by atoms with Gasteiger partial charge in [0, 0.05) is 0 Å². The minimum absolute atomic E-state index is 0. The Hall–Kier alpha value is 3.07. The molecule has 0 atom stereocenters. The number of hydrogen-bond acceptors (Lipinski definition) is 1. The van der Waals surface area contributed by atoms with Gasteiger partial charge in [0.1, 0.15) is 0 Å². The molecular weight excluding hydrogens is 270 g/mol. The van der Waals surface area contributed by atoms with Crippen LogP contribution in [0.4, 0.5) is 0 Å². The zero-order chi connectivity index (χ0) is 4.50. The molecule has 0 saturated carbocycles. The van der Waals surface area contributed by atoms with Crippen LogP contribution in [0.3, 0.4) is 0 Å². The fourth-order valence-electron chi connectivity index (χ4n) is 0. The third-order valence-electron chi connectivity index (χ3n) is 0. The van der Waals surface area contributed by atoms with E-state index >= 15 is 0 Å². The van der Waals surface area contributed by atoms with Gasteiger partial charge in [-0.2, -0.15) is 0 Å². The second-order valence-corrected chi connectivity index (χ2v) is 1.54. The molecule has 0 aromatic rings. The predicted octanol–water partition coefficient (Wildman–Crippen LogP) is -1.24. The van der Waals surface area contributed by atoms with Gasteiger partial charge in [0.05, 0.1) is 0 Å². The van der Waals surface area contributed by atoms with E-state index in [9.17, 15) is 0 Å². The quantitative estimate of drug-likeness (QED) is 0.382. The predicted molar refractivity (Wildman–Crippen MR) is 30.2 cm³/mol. The van der Waals surface area contributed by atoms with Crippen molar-refractivity contribution in [1.29, 1.82) is 0 Å². The molecule has 3 N–H and O–H groups in total. The van der Waals surface area contributed by atoms with Crippen molar-refractivity contribution < 1.29 is 25.0 Å². The zero-order valence-corrected chi connectivity index (χ0v) is 11.5. The van der Waals surface area contributed by atoms with E-state index in [-0.39, 0.29) is 96.7 Å². The Morgan fingerprint density at radius 1 is 1.14 bits per heavy atom. The Morgan fingerprint density at radius 3 is 1.14 bits per heavy atom. The molecule has 7 heteroatoms. The van der Waals surface area contributed by atoms with Crippen LogP contribution in [0, 0.1) is 0 Å². The normalized spacial score (nSPS) is 8.43. The molecule has 0 bridgehead atoms. The second-order valence-electron chi connectivity index (χ2n) is 0.513. The Morgan fingerprint density at radius 2 is 1.14 bits per heavy atom. The van der Waals surface area contributed by atoms with Crippen LogP contribution in [0.2, 0.25) is 0 Å². The van der Waals surface area contributed by atoms with Gasteiger partial charge < -0.3 is 20.4 Å². The van der Waals surface area contributed by atoms with Gasteiger partial charge in [-0.05, 0) is 0 Å². The number of phosphoric acid groups is 1. The van der Waals surface area contributed by atoms with Crippen molar-refractivity contribution in [2.75, 3.05) is 0 Å². The summed E-state index contributed by atoms with van der Waals surface area (Å²) in [6, 6.07) is 0. The van der Waals surface area contributed by atoms with Crippen molar-refractivity contribution in [1.82, 2.24) is 0 Å². The van der Waals surface area contributed by atoms with E-state index in [2.05, 4.69) is 0 Å². The van der Waals surface area contributed by atoms with E-state index in [4.69, 9.17) is 19.2 Å². The Kier molecular flexibility index (Phi) is 17.0. The molecule has 0 rings (SSSR count). The summed E-state index contributed by atoms with van der Waals surface area (Å²) >= 11 is 0. The van der Waals surface area contributed by atoms with Crippen LogP contribution in [0.5, 0.6) is 0 Å². The molecule has 0 fully saturated rings. The first-order valence-electron chi connectivity index (χ1n) is 0.783. The summed E-state index contributed by atoms with van der Waals surface area (Å²) in [5.74, 6) is 0. The molecule has 0 aliphatic rings. The molecular formula is H7O4PSr2. The van der Waals surface area contributed by atoms with E-state index < -0.39 is 7.82 Å². The number of rotatable bonds is 0. The zero-order valence-electron chi connectivity index (χ0n) is 7.61. The summed E-state index contributed by atoms with van der Waals surface area (Å²) in [5.41, 5.74) is 0. The average Bonchev–Trinajstić information content (AvgIpc) is 0.722. The fourth-order valence-corrected chi connectivity index (χ4v) is 0. The summed E-state index contributed by atoms with van der Waals surface area (Å²) in [7, 11) is -4.64. The van der Waals surface area contributed by atoms with E-state index in [1.54, 1.807) is 0 Å². The third-order valence-corrected chi connectivity index (χ3v) is 0. The van der Waals surface area contributed by atoms with Gasteiger partial charge in [-0.25, -0.2) is 4.57 Å². The van der Waals surface area contributed by atoms with Crippen LogP contribution in [0.1, 0.15) is 5.71 Å². The van der Waals surface area contributed by atoms with Crippen molar-refractivity contribution in [3.63, 3.8) is 0 Å². The SMILES string of the molecule is O=P(O)(O)O.[H-].[H-].[H-].[H-].[Sr+2].[Sr+2]. The van der Waals surface area contributed by atoms with Crippen molar-refractivity contribution in [2.24, 2.45) is 0 Å². The van der Waals surface area contributed by atoms with E-state index in [0.717, 1.165) is 0 Å². The summed E-state index contributed by atoms with van der Waals surface area (Å²) < 4.78 is 8.88. The molecule has 0 aliphatic heterocycles. The van der Waals surface area contributed by atoms with Crippen LogP contribution in [0.15, 0.2) is 0 Å². The van der Waals surface area contributed by atoms with Crippen LogP contribution >= 0.6 is 7.82 Å². The van der Waals surface area contributed by atoms with Crippen LogP contribution < -0.4 is 0 Å². The van der Waals surface area contributed by atoms with Gasteiger partial charge in [-0.1, -0.05) is 0 Å². The molecule has 4 nitrogen and oxygen atoms in total. The Balaban J connectivity index is -0.00000000533. The van der Waals surface area contributed by atoms with Gasteiger partial charge in [0.2, 0.25) is 0 Å². The maximum absolute atomic E-state index is 8.88. The van der Waals surface area contributed by atoms with Gasteiger partial charge in [-0.3, -0.25) is 0 Å². The van der Waals surface area contributed by atoms with Crippen molar-refractivity contribution in [3.05, 3.63) is 0 Å². The topological polar surface area (TPSA) is 77.8 Å². The summed E-state index contributed by atoms with van der Waals surface area (Å²) in [6.45, 7) is 0. The summed E-state index contributed by atoms with van der Waals surface area (Å²) in [4.78, 5) is 21.6. The molecule has 0 radical (unpaired) electrons. The second kappa shape index (κ2) is 7.18. The first-order chi connectivity index (χ1) is 2.00. The minimum Gasteiger partial charge on any atom is -1.00 e. The maximum Gasteiger partial charge on any atom is 2.00 e. The molecule has 0 amide bonds. The minimum atomic E-state index is -4.64. The maximum atomic E-state index is 8.88. The largest absolute Gasteiger partial charge is 2.00 e. The van der Waals surface area contributed by atoms with Gasteiger partial charge >= 0.3 is 98.8 Å². The summed E-state index contributed by atoms with van der Waals surface area (Å²) in [6.07, 6.45) is 0. The van der Waals surface area contributed by atoms with Crippen LogP contribution in [0.25, 0.3) is 0 Å². The van der Waals surface area contributed by atoms with E-state index in [1.807, 2.05) is 0 Å². The monoisotopic (exact) mass is 278 g/mol. The standard InChI is InChI=1S/H3O4P.2Sr.4H/c1-5(2,3)4;;;;;;/h(H3,1,2,3,4);;;;;;/q;2*+2;4*-1. The van der Waals surface area contributed by atoms with Crippen LogP contribution in [-0.4, -0.2) is 106 Å². The molecule has 0 aromatic heterocycles. The molecule has 0 aliphatic carbocycles. The first-order valence-corrected chi connectivity index (χ1v) is 2.35. The molecule has 0 spiro atoms. The molecule has 0 heterocycles. The molecule has 0 aromatic carbocycles. The summed E-state index contributed by atoms with van der Waals surface area (Å²) in [5, 5.41) is 0. The van der Waals surface area contributed by atoms with E-state index in [1.165, 1.54) is 0 Å². The first kappa shape index (κ1) is 16.6. The van der Waals surface area contributed by atoms with Crippen molar-refractivity contribution >= 4 is 98.8 Å². The molecule has 40 valence electrons. The van der Waals surface area contributed by atoms with Crippen molar-refractivity contribution in [3.8, 4) is 0 Å². The van der Waals surface area contributed by atoms with Gasteiger partial charge in [0.25, 0.3) is 0 Å². The average molecular weight is 277 g/mol. The Bertz CT molecular complexity index is 66.2. The fraction of sp³-hybridized carbons (Fsp3) is 0. The molecule has 0 saturated heterocycles. The van der Waals surface area contributed by atoms with Crippen LogP contribution in [-0.2, 0) is 4.57 Å². The van der Waals surface area contributed by atoms with Gasteiger partial charge in [-0.15, -0.1) is 0 Å². The van der Waals surface area contributed by atoms with Gasteiger partial charge in [0.15, 0.2) is 0 Å². The molecule has 7 heavy (non-hydrogen) atoms. The van der Waals surface area contributed by atoms with E-state index in [0.29, 0.717) is 0 Å². The Labute approximate surface area is 121 Å².